The number of nitrogens with zero attached hydrogens (tertiary/aromatic N) is 1. The van der Waals surface area contributed by atoms with Crippen molar-refractivity contribution in [2.75, 3.05) is 26.2 Å². The third-order valence-corrected chi connectivity index (χ3v) is 7.42. The van der Waals surface area contributed by atoms with E-state index in [2.05, 4.69) is 5.32 Å². The number of piperidine rings is 1. The molecule has 0 unspecified atom stereocenters. The molecular weight excluding hydrogens is 412 g/mol. The second kappa shape index (κ2) is 9.49. The number of amides is 1. The van der Waals surface area contributed by atoms with E-state index in [0.29, 0.717) is 32.5 Å². The molecule has 1 atom stereocenters. The number of nitrogens with one attached hydrogen (secondary N) is 1. The minimum atomic E-state index is -3.58. The average molecular weight is 439 g/mol. The van der Waals surface area contributed by atoms with Gasteiger partial charge in [0.15, 0.2) is 0 Å². The molecule has 7 heteroatoms. The molecule has 3 aromatic carbocycles. The average Bonchev–Trinajstić information content (AvgIpc) is 2.82. The van der Waals surface area contributed by atoms with Gasteiger partial charge in [-0.2, -0.15) is 4.31 Å². The van der Waals surface area contributed by atoms with Gasteiger partial charge >= 0.3 is 0 Å². The Labute approximate surface area is 182 Å². The van der Waals surface area contributed by atoms with Crippen LogP contribution in [0.2, 0.25) is 0 Å². The lowest BCUT2D eigenvalue weighted by molar-refractivity contribution is -0.126. The Hall–Kier alpha value is -2.90. The zero-order valence-electron chi connectivity index (χ0n) is 17.2. The second-order valence-electron chi connectivity index (χ2n) is 7.63. The standard InChI is InChI=1S/C24H26N2O4S/c27-24(25-15-17-30-23-14-6-9-19-8-4-5-13-22(19)23)20-10-7-16-26(18-20)31(28,29)21-11-2-1-3-12-21/h1-6,8-9,11-14,20H,7,10,15-18H2,(H,25,27)/t20-/m1/s1. The van der Waals surface area contributed by atoms with Gasteiger partial charge in [0.05, 0.1) is 17.4 Å². The SMILES string of the molecule is O=C(NCCOc1cccc2ccccc12)[C@@H]1CCCN(S(=O)(=O)c2ccccc2)C1. The van der Waals surface area contributed by atoms with Crippen molar-refractivity contribution in [2.45, 2.75) is 17.7 Å². The molecule has 4 rings (SSSR count). The van der Waals surface area contributed by atoms with Crippen LogP contribution in [0.4, 0.5) is 0 Å². The summed E-state index contributed by atoms with van der Waals surface area (Å²) in [6, 6.07) is 22.2. The molecule has 1 saturated heterocycles. The molecule has 0 spiro atoms. The van der Waals surface area contributed by atoms with Gasteiger partial charge in [-0.1, -0.05) is 54.6 Å². The number of carbonyl (C=O) groups is 1. The largest absolute Gasteiger partial charge is 0.491 e. The van der Waals surface area contributed by atoms with E-state index in [4.69, 9.17) is 4.74 Å². The molecule has 0 aromatic heterocycles. The van der Waals surface area contributed by atoms with Crippen molar-refractivity contribution >= 4 is 26.7 Å². The third-order valence-electron chi connectivity index (χ3n) is 5.54. The topological polar surface area (TPSA) is 75.7 Å². The maximum Gasteiger partial charge on any atom is 0.243 e. The van der Waals surface area contributed by atoms with E-state index >= 15 is 0 Å². The van der Waals surface area contributed by atoms with E-state index in [1.54, 1.807) is 30.3 Å². The summed E-state index contributed by atoms with van der Waals surface area (Å²) < 4.78 is 33.0. The Morgan fingerprint density at radius 3 is 2.58 bits per heavy atom. The summed E-state index contributed by atoms with van der Waals surface area (Å²) >= 11 is 0. The van der Waals surface area contributed by atoms with E-state index < -0.39 is 10.0 Å². The van der Waals surface area contributed by atoms with Crippen molar-refractivity contribution in [3.63, 3.8) is 0 Å². The predicted octanol–water partition coefficient (Wildman–Crippen LogP) is 3.44. The Balaban J connectivity index is 1.30. The molecule has 0 saturated carbocycles. The molecule has 1 aliphatic heterocycles. The van der Waals surface area contributed by atoms with E-state index in [1.807, 2.05) is 42.5 Å². The summed E-state index contributed by atoms with van der Waals surface area (Å²) in [6.45, 7) is 1.35. The van der Waals surface area contributed by atoms with Gasteiger partial charge in [-0.15, -0.1) is 0 Å². The molecule has 6 nitrogen and oxygen atoms in total. The van der Waals surface area contributed by atoms with Crippen LogP contribution in [0.15, 0.2) is 77.7 Å². The number of rotatable bonds is 7. The Bertz CT molecular complexity index is 1140. The zero-order chi connectivity index (χ0) is 21.7. The first-order chi connectivity index (χ1) is 15.1. The number of hydrogen-bond acceptors (Lipinski definition) is 4. The van der Waals surface area contributed by atoms with Crippen molar-refractivity contribution in [3.8, 4) is 5.75 Å². The normalized spacial score (nSPS) is 17.4. The van der Waals surface area contributed by atoms with Gasteiger partial charge in [-0.05, 0) is 36.4 Å². The van der Waals surface area contributed by atoms with Crippen LogP contribution in [-0.4, -0.2) is 44.9 Å². The lowest BCUT2D eigenvalue weighted by atomic mass is 9.99. The first kappa shape index (κ1) is 21.3. The smallest absolute Gasteiger partial charge is 0.243 e. The molecule has 1 aliphatic rings. The van der Waals surface area contributed by atoms with Gasteiger partial charge in [0.25, 0.3) is 0 Å². The third kappa shape index (κ3) is 4.89. The van der Waals surface area contributed by atoms with Crippen LogP contribution in [0.25, 0.3) is 10.8 Å². The summed E-state index contributed by atoms with van der Waals surface area (Å²) in [7, 11) is -3.58. The molecule has 0 aliphatic carbocycles. The monoisotopic (exact) mass is 438 g/mol. The molecule has 1 N–H and O–H groups in total. The Morgan fingerprint density at radius 1 is 1.00 bits per heavy atom. The minimum Gasteiger partial charge on any atom is -0.491 e. The highest BCUT2D eigenvalue weighted by molar-refractivity contribution is 7.89. The summed E-state index contributed by atoms with van der Waals surface area (Å²) in [6.07, 6.45) is 1.34. The number of ether oxygens (including phenoxy) is 1. The van der Waals surface area contributed by atoms with Crippen LogP contribution in [0.3, 0.4) is 0 Å². The Kier molecular flexibility index (Phi) is 6.53. The van der Waals surface area contributed by atoms with E-state index in [1.165, 1.54) is 4.31 Å². The second-order valence-corrected chi connectivity index (χ2v) is 9.57. The first-order valence-corrected chi connectivity index (χ1v) is 11.9. The van der Waals surface area contributed by atoms with Crippen molar-refractivity contribution in [1.29, 1.82) is 0 Å². The fourth-order valence-corrected chi connectivity index (χ4v) is 5.46. The quantitative estimate of drug-likeness (QED) is 0.574. The highest BCUT2D eigenvalue weighted by atomic mass is 32.2. The van der Waals surface area contributed by atoms with Gasteiger partial charge in [-0.3, -0.25) is 4.79 Å². The number of benzene rings is 3. The van der Waals surface area contributed by atoms with Crippen molar-refractivity contribution in [3.05, 3.63) is 72.8 Å². The molecular formula is C24H26N2O4S. The predicted molar refractivity (Wildman–Crippen MR) is 120 cm³/mol. The molecule has 162 valence electrons. The van der Waals surface area contributed by atoms with Gasteiger partial charge in [-0.25, -0.2) is 8.42 Å². The number of carbonyl (C=O) groups excluding carboxylic acids is 1. The molecule has 1 heterocycles. The van der Waals surface area contributed by atoms with Crippen LogP contribution in [0.5, 0.6) is 5.75 Å². The fourth-order valence-electron chi connectivity index (χ4n) is 3.92. The molecule has 0 radical (unpaired) electrons. The highest BCUT2D eigenvalue weighted by Gasteiger charge is 2.33. The van der Waals surface area contributed by atoms with Gasteiger partial charge in [0, 0.05) is 18.5 Å². The van der Waals surface area contributed by atoms with E-state index in [-0.39, 0.29) is 23.3 Å². The summed E-state index contributed by atoms with van der Waals surface area (Å²) in [5.74, 6) is 0.296. The number of fused-ring (bicyclic) bond motifs is 1. The van der Waals surface area contributed by atoms with Crippen LogP contribution in [-0.2, 0) is 14.8 Å². The number of sulfonamides is 1. The lowest BCUT2D eigenvalue weighted by Crippen LogP contribution is -2.45. The van der Waals surface area contributed by atoms with Gasteiger partial charge in [0.2, 0.25) is 15.9 Å². The number of hydrogen-bond donors (Lipinski definition) is 1. The molecule has 31 heavy (non-hydrogen) atoms. The molecule has 0 bridgehead atoms. The summed E-state index contributed by atoms with van der Waals surface area (Å²) in [5.41, 5.74) is 0. The van der Waals surface area contributed by atoms with Crippen LogP contribution < -0.4 is 10.1 Å². The molecule has 1 fully saturated rings. The van der Waals surface area contributed by atoms with Gasteiger partial charge in [0.1, 0.15) is 12.4 Å². The first-order valence-electron chi connectivity index (χ1n) is 10.5. The minimum absolute atomic E-state index is 0.130. The van der Waals surface area contributed by atoms with E-state index in [9.17, 15) is 13.2 Å². The maximum atomic E-state index is 12.9. The highest BCUT2D eigenvalue weighted by Crippen LogP contribution is 2.25. The summed E-state index contributed by atoms with van der Waals surface area (Å²) in [5, 5.41) is 5.03. The van der Waals surface area contributed by atoms with Crippen LogP contribution >= 0.6 is 0 Å². The lowest BCUT2D eigenvalue weighted by Gasteiger charge is -2.31. The molecule has 3 aromatic rings. The summed E-state index contributed by atoms with van der Waals surface area (Å²) in [4.78, 5) is 12.9. The fraction of sp³-hybridized carbons (Fsp3) is 0.292. The Morgan fingerprint density at radius 2 is 1.74 bits per heavy atom. The zero-order valence-corrected chi connectivity index (χ0v) is 18.1. The van der Waals surface area contributed by atoms with Crippen molar-refractivity contribution in [1.82, 2.24) is 9.62 Å². The van der Waals surface area contributed by atoms with Gasteiger partial charge < -0.3 is 10.1 Å². The van der Waals surface area contributed by atoms with Crippen molar-refractivity contribution in [2.24, 2.45) is 5.92 Å². The maximum absolute atomic E-state index is 12.9. The van der Waals surface area contributed by atoms with Crippen molar-refractivity contribution < 1.29 is 17.9 Å². The van der Waals surface area contributed by atoms with E-state index in [0.717, 1.165) is 16.5 Å². The van der Waals surface area contributed by atoms with Crippen LogP contribution in [0, 0.1) is 5.92 Å². The molecule has 1 amide bonds. The van der Waals surface area contributed by atoms with Crippen LogP contribution in [0.1, 0.15) is 12.8 Å².